The van der Waals surface area contributed by atoms with Crippen molar-refractivity contribution in [3.8, 4) is 0 Å². The summed E-state index contributed by atoms with van der Waals surface area (Å²) in [6.45, 7) is 0. The standard InChI is InChI=1S/C8H6N4/c9-11-10-7-4-6-12-5-2-1-3-8(7)12/h1-6H. The van der Waals surface area contributed by atoms with Gasteiger partial charge in [-0.1, -0.05) is 11.2 Å². The van der Waals surface area contributed by atoms with Gasteiger partial charge in [0.05, 0.1) is 11.2 Å². The molecule has 0 spiro atoms. The van der Waals surface area contributed by atoms with E-state index < -0.39 is 0 Å². The Hall–Kier alpha value is -1.93. The molecular formula is C8H6N4. The summed E-state index contributed by atoms with van der Waals surface area (Å²) in [5.74, 6) is 0. The van der Waals surface area contributed by atoms with Gasteiger partial charge in [-0.2, -0.15) is 0 Å². The topological polar surface area (TPSA) is 53.2 Å². The van der Waals surface area contributed by atoms with E-state index >= 15 is 0 Å². The molecule has 0 atom stereocenters. The maximum Gasteiger partial charge on any atom is 0.0630 e. The van der Waals surface area contributed by atoms with Crippen molar-refractivity contribution in [1.29, 1.82) is 0 Å². The highest BCUT2D eigenvalue weighted by atomic mass is 15.1. The summed E-state index contributed by atoms with van der Waals surface area (Å²) in [6, 6.07) is 7.53. The molecule has 0 fully saturated rings. The van der Waals surface area contributed by atoms with Crippen LogP contribution in [0, 0.1) is 0 Å². The predicted octanol–water partition coefficient (Wildman–Crippen LogP) is 2.88. The fourth-order valence-corrected chi connectivity index (χ4v) is 1.17. The van der Waals surface area contributed by atoms with Crippen LogP contribution in [0.3, 0.4) is 0 Å². The van der Waals surface area contributed by atoms with Crippen LogP contribution in [0.15, 0.2) is 41.8 Å². The minimum atomic E-state index is 0.665. The first kappa shape index (κ1) is 6.76. The van der Waals surface area contributed by atoms with E-state index in [1.807, 2.05) is 35.0 Å². The summed E-state index contributed by atoms with van der Waals surface area (Å²) >= 11 is 0. The molecule has 0 N–H and O–H groups in total. The second-order valence-corrected chi connectivity index (χ2v) is 2.38. The summed E-state index contributed by atoms with van der Waals surface area (Å²) in [5, 5.41) is 3.55. The van der Waals surface area contributed by atoms with Crippen LogP contribution in [-0.2, 0) is 0 Å². The lowest BCUT2D eigenvalue weighted by atomic mass is 10.4. The average molecular weight is 158 g/mol. The molecule has 2 rings (SSSR count). The van der Waals surface area contributed by atoms with Crippen LogP contribution in [0.4, 0.5) is 5.69 Å². The molecule has 0 aliphatic heterocycles. The van der Waals surface area contributed by atoms with E-state index in [4.69, 9.17) is 5.53 Å². The number of pyridine rings is 1. The number of azide groups is 1. The molecule has 0 aromatic carbocycles. The molecule has 2 aromatic rings. The Balaban J connectivity index is 2.78. The average Bonchev–Trinajstić information content (AvgIpc) is 2.50. The van der Waals surface area contributed by atoms with Crippen molar-refractivity contribution in [2.24, 2.45) is 5.11 Å². The number of hydrogen-bond donors (Lipinski definition) is 0. The Kier molecular flexibility index (Phi) is 1.47. The van der Waals surface area contributed by atoms with Gasteiger partial charge < -0.3 is 4.40 Å². The second-order valence-electron chi connectivity index (χ2n) is 2.38. The van der Waals surface area contributed by atoms with Gasteiger partial charge in [0.2, 0.25) is 0 Å². The van der Waals surface area contributed by atoms with Crippen molar-refractivity contribution >= 4 is 11.2 Å². The molecule has 0 bridgehead atoms. The lowest BCUT2D eigenvalue weighted by Gasteiger charge is -1.91. The molecule has 0 saturated heterocycles. The van der Waals surface area contributed by atoms with E-state index in [1.165, 1.54) is 0 Å². The summed E-state index contributed by atoms with van der Waals surface area (Å²) in [7, 11) is 0. The fraction of sp³-hybridized carbons (Fsp3) is 0. The molecule has 12 heavy (non-hydrogen) atoms. The molecule has 0 unspecified atom stereocenters. The molecule has 0 aliphatic carbocycles. The third-order valence-corrected chi connectivity index (χ3v) is 1.70. The van der Waals surface area contributed by atoms with Crippen molar-refractivity contribution in [3.05, 3.63) is 47.1 Å². The Bertz CT molecular complexity index is 451. The van der Waals surface area contributed by atoms with Crippen LogP contribution < -0.4 is 0 Å². The third kappa shape index (κ3) is 0.909. The highest BCUT2D eigenvalue weighted by molar-refractivity contribution is 5.69. The quantitative estimate of drug-likeness (QED) is 0.348. The summed E-state index contributed by atoms with van der Waals surface area (Å²) in [6.07, 6.45) is 3.77. The second kappa shape index (κ2) is 2.60. The Labute approximate surface area is 68.7 Å². The van der Waals surface area contributed by atoms with Crippen molar-refractivity contribution in [2.45, 2.75) is 0 Å². The van der Waals surface area contributed by atoms with Crippen molar-refractivity contribution in [3.63, 3.8) is 0 Å². The monoisotopic (exact) mass is 158 g/mol. The Morgan fingerprint density at radius 1 is 1.25 bits per heavy atom. The first-order valence-electron chi connectivity index (χ1n) is 3.52. The number of aromatic nitrogens is 1. The van der Waals surface area contributed by atoms with E-state index in [-0.39, 0.29) is 0 Å². The van der Waals surface area contributed by atoms with Crippen LogP contribution in [0.25, 0.3) is 16.0 Å². The molecule has 4 nitrogen and oxygen atoms in total. The van der Waals surface area contributed by atoms with E-state index in [9.17, 15) is 0 Å². The molecule has 2 heterocycles. The van der Waals surface area contributed by atoms with Crippen LogP contribution in [-0.4, -0.2) is 4.40 Å². The molecule has 0 aliphatic rings. The molecular weight excluding hydrogens is 152 g/mol. The first-order valence-corrected chi connectivity index (χ1v) is 3.52. The van der Waals surface area contributed by atoms with Crippen LogP contribution >= 0.6 is 0 Å². The summed E-state index contributed by atoms with van der Waals surface area (Å²) < 4.78 is 1.91. The van der Waals surface area contributed by atoms with E-state index in [0.29, 0.717) is 5.69 Å². The lowest BCUT2D eigenvalue weighted by Crippen LogP contribution is -1.76. The molecule has 58 valence electrons. The third-order valence-electron chi connectivity index (χ3n) is 1.70. The predicted molar refractivity (Wildman–Crippen MR) is 46.2 cm³/mol. The maximum absolute atomic E-state index is 8.25. The van der Waals surface area contributed by atoms with Gasteiger partial charge in [-0.15, -0.1) is 0 Å². The molecule has 0 radical (unpaired) electrons. The number of fused-ring (bicyclic) bond motifs is 1. The zero-order valence-electron chi connectivity index (χ0n) is 6.25. The van der Waals surface area contributed by atoms with Crippen molar-refractivity contribution < 1.29 is 0 Å². The van der Waals surface area contributed by atoms with Gasteiger partial charge in [0, 0.05) is 17.3 Å². The van der Waals surface area contributed by atoms with Gasteiger partial charge in [-0.05, 0) is 23.7 Å². The SMILES string of the molecule is [N-]=[N+]=Nc1ccn2ccccc12. The van der Waals surface area contributed by atoms with Gasteiger partial charge in [0.25, 0.3) is 0 Å². The molecule has 4 heteroatoms. The van der Waals surface area contributed by atoms with E-state index in [1.54, 1.807) is 6.07 Å². The summed E-state index contributed by atoms with van der Waals surface area (Å²) in [4.78, 5) is 2.74. The molecule has 2 aromatic heterocycles. The summed E-state index contributed by atoms with van der Waals surface area (Å²) in [5.41, 5.74) is 9.84. The Morgan fingerprint density at radius 2 is 2.17 bits per heavy atom. The smallest absolute Gasteiger partial charge is 0.0630 e. The van der Waals surface area contributed by atoms with Gasteiger partial charge in [-0.3, -0.25) is 0 Å². The normalized spacial score (nSPS) is 9.67. The van der Waals surface area contributed by atoms with Gasteiger partial charge in [0.1, 0.15) is 0 Å². The lowest BCUT2D eigenvalue weighted by molar-refractivity contribution is 1.20. The van der Waals surface area contributed by atoms with Crippen molar-refractivity contribution in [2.75, 3.05) is 0 Å². The van der Waals surface area contributed by atoms with Crippen LogP contribution in [0.1, 0.15) is 0 Å². The van der Waals surface area contributed by atoms with Gasteiger partial charge in [0.15, 0.2) is 0 Å². The minimum Gasteiger partial charge on any atom is -0.323 e. The highest BCUT2D eigenvalue weighted by Gasteiger charge is 1.96. The zero-order chi connectivity index (χ0) is 8.39. The van der Waals surface area contributed by atoms with Crippen LogP contribution in [0.5, 0.6) is 0 Å². The maximum atomic E-state index is 8.25. The molecule has 0 amide bonds. The van der Waals surface area contributed by atoms with E-state index in [0.717, 1.165) is 5.52 Å². The molecule has 0 saturated carbocycles. The van der Waals surface area contributed by atoms with E-state index in [2.05, 4.69) is 10.0 Å². The van der Waals surface area contributed by atoms with Crippen molar-refractivity contribution in [1.82, 2.24) is 4.40 Å². The zero-order valence-corrected chi connectivity index (χ0v) is 6.25. The number of rotatable bonds is 1. The largest absolute Gasteiger partial charge is 0.323 e. The minimum absolute atomic E-state index is 0.665. The van der Waals surface area contributed by atoms with Gasteiger partial charge in [-0.25, -0.2) is 0 Å². The van der Waals surface area contributed by atoms with Gasteiger partial charge >= 0.3 is 0 Å². The van der Waals surface area contributed by atoms with Crippen LogP contribution in [0.2, 0.25) is 0 Å². The number of nitrogens with zero attached hydrogens (tertiary/aromatic N) is 4. The number of hydrogen-bond acceptors (Lipinski definition) is 1. The first-order chi connectivity index (χ1) is 5.92. The highest BCUT2D eigenvalue weighted by Crippen LogP contribution is 2.20. The fourth-order valence-electron chi connectivity index (χ4n) is 1.17. The Morgan fingerprint density at radius 3 is 3.00 bits per heavy atom.